The van der Waals surface area contributed by atoms with Gasteiger partial charge in [-0.2, -0.15) is 5.26 Å². The molecule has 0 unspecified atom stereocenters. The highest BCUT2D eigenvalue weighted by molar-refractivity contribution is 5.96. The Kier molecular flexibility index (Phi) is 4.55. The van der Waals surface area contributed by atoms with E-state index in [0.29, 0.717) is 17.6 Å². The van der Waals surface area contributed by atoms with E-state index in [1.54, 1.807) is 0 Å². The number of aromatic nitrogens is 3. The average Bonchev–Trinajstić information content (AvgIpc) is 3.11. The lowest BCUT2D eigenvalue weighted by Crippen LogP contribution is -2.38. The zero-order valence-electron chi connectivity index (χ0n) is 14.8. The molecule has 0 spiro atoms. The molecule has 26 heavy (non-hydrogen) atoms. The van der Waals surface area contributed by atoms with Gasteiger partial charge >= 0.3 is 0 Å². The third kappa shape index (κ3) is 3.14. The third-order valence-corrected chi connectivity index (χ3v) is 4.94. The second kappa shape index (κ2) is 7.14. The molecule has 6 heteroatoms. The molecule has 1 aliphatic heterocycles. The molecule has 0 bridgehead atoms. The van der Waals surface area contributed by atoms with Gasteiger partial charge < -0.3 is 15.6 Å². The fourth-order valence-corrected chi connectivity index (χ4v) is 3.52. The molecule has 6 nitrogen and oxygen atoms in total. The van der Waals surface area contributed by atoms with Gasteiger partial charge in [0.1, 0.15) is 0 Å². The highest BCUT2D eigenvalue weighted by atomic mass is 15.1. The SMILES string of the molecule is CCc1cnc(N[C@H]2CCCNC2)nc1-c1c[nH]c2cc(C#N)ccc12. The molecule has 1 aliphatic rings. The molecule has 1 fully saturated rings. The Morgan fingerprint density at radius 1 is 1.38 bits per heavy atom. The molecule has 132 valence electrons. The van der Waals surface area contributed by atoms with E-state index in [-0.39, 0.29) is 0 Å². The summed E-state index contributed by atoms with van der Waals surface area (Å²) in [7, 11) is 0. The number of nitrogens with zero attached hydrogens (tertiary/aromatic N) is 3. The lowest BCUT2D eigenvalue weighted by Gasteiger charge is -2.24. The normalized spacial score (nSPS) is 17.2. The minimum atomic E-state index is 0.366. The van der Waals surface area contributed by atoms with Gasteiger partial charge in [-0.15, -0.1) is 0 Å². The summed E-state index contributed by atoms with van der Waals surface area (Å²) in [6.45, 7) is 4.14. The van der Waals surface area contributed by atoms with Gasteiger partial charge in [0, 0.05) is 41.4 Å². The van der Waals surface area contributed by atoms with Crippen molar-refractivity contribution in [3.63, 3.8) is 0 Å². The summed E-state index contributed by atoms with van der Waals surface area (Å²) in [5.74, 6) is 0.675. The predicted octanol–water partition coefficient (Wildman–Crippen LogP) is 3.22. The lowest BCUT2D eigenvalue weighted by atomic mass is 10.0. The Balaban J connectivity index is 1.72. The number of aryl methyl sites for hydroxylation is 1. The van der Waals surface area contributed by atoms with Crippen LogP contribution in [0.5, 0.6) is 0 Å². The van der Waals surface area contributed by atoms with E-state index in [4.69, 9.17) is 10.2 Å². The Labute approximate surface area is 152 Å². The number of fused-ring (bicyclic) bond motifs is 1. The minimum absolute atomic E-state index is 0.366. The smallest absolute Gasteiger partial charge is 0.223 e. The number of nitrogens with one attached hydrogen (secondary N) is 3. The first-order valence-corrected chi connectivity index (χ1v) is 9.13. The zero-order valence-corrected chi connectivity index (χ0v) is 14.8. The molecule has 3 N–H and O–H groups in total. The van der Waals surface area contributed by atoms with Gasteiger partial charge in [-0.3, -0.25) is 0 Å². The third-order valence-electron chi connectivity index (χ3n) is 4.94. The van der Waals surface area contributed by atoms with E-state index < -0.39 is 0 Å². The number of rotatable bonds is 4. The molecule has 0 aliphatic carbocycles. The number of benzene rings is 1. The van der Waals surface area contributed by atoms with E-state index in [1.165, 1.54) is 6.42 Å². The van der Waals surface area contributed by atoms with Gasteiger partial charge in [0.2, 0.25) is 5.95 Å². The predicted molar refractivity (Wildman–Crippen MR) is 103 cm³/mol. The van der Waals surface area contributed by atoms with Crippen LogP contribution in [0.3, 0.4) is 0 Å². The van der Waals surface area contributed by atoms with E-state index >= 15 is 0 Å². The molecular weight excluding hydrogens is 324 g/mol. The summed E-state index contributed by atoms with van der Waals surface area (Å²) in [5, 5.41) is 17.0. The number of hydrogen-bond donors (Lipinski definition) is 3. The topological polar surface area (TPSA) is 89.4 Å². The van der Waals surface area contributed by atoms with Gasteiger partial charge in [-0.25, -0.2) is 9.97 Å². The first-order chi connectivity index (χ1) is 12.8. The van der Waals surface area contributed by atoms with Gasteiger partial charge in [0.15, 0.2) is 0 Å². The first-order valence-electron chi connectivity index (χ1n) is 9.13. The van der Waals surface area contributed by atoms with Gasteiger partial charge in [-0.05, 0) is 43.5 Å². The number of nitriles is 1. The van der Waals surface area contributed by atoms with Crippen LogP contribution in [0.2, 0.25) is 0 Å². The van der Waals surface area contributed by atoms with Crippen molar-refractivity contribution in [2.24, 2.45) is 0 Å². The van der Waals surface area contributed by atoms with Crippen LogP contribution < -0.4 is 10.6 Å². The van der Waals surface area contributed by atoms with Crippen LogP contribution in [0, 0.1) is 11.3 Å². The molecule has 3 heterocycles. The number of anilines is 1. The standard InChI is InChI=1S/C20H22N6/c1-2-14-10-24-20(25-15-4-3-7-22-11-15)26-19(14)17-12-23-18-8-13(9-21)5-6-16(17)18/h5-6,8,10,12,15,22-23H,2-4,7,11H2,1H3,(H,24,25,26)/t15-/m0/s1. The molecule has 0 radical (unpaired) electrons. The molecular formula is C20H22N6. The van der Waals surface area contributed by atoms with Crippen molar-refractivity contribution in [3.8, 4) is 17.3 Å². The monoisotopic (exact) mass is 346 g/mol. The Hall–Kier alpha value is -2.91. The van der Waals surface area contributed by atoms with E-state index in [9.17, 15) is 0 Å². The van der Waals surface area contributed by atoms with Crippen LogP contribution in [0.1, 0.15) is 30.9 Å². The fraction of sp³-hybridized carbons (Fsp3) is 0.350. The molecule has 1 saturated heterocycles. The van der Waals surface area contributed by atoms with Gasteiger partial charge in [0.25, 0.3) is 0 Å². The quantitative estimate of drug-likeness (QED) is 0.675. The average molecular weight is 346 g/mol. The summed E-state index contributed by atoms with van der Waals surface area (Å²) in [4.78, 5) is 12.6. The van der Waals surface area contributed by atoms with Crippen molar-refractivity contribution in [1.82, 2.24) is 20.3 Å². The first kappa shape index (κ1) is 16.6. The van der Waals surface area contributed by atoms with Crippen molar-refractivity contribution < 1.29 is 0 Å². The van der Waals surface area contributed by atoms with Crippen LogP contribution in [0.25, 0.3) is 22.2 Å². The molecule has 3 aromatic rings. The summed E-state index contributed by atoms with van der Waals surface area (Å²) in [5.41, 5.74) is 4.71. The van der Waals surface area contributed by atoms with Crippen LogP contribution >= 0.6 is 0 Å². The molecule has 2 aromatic heterocycles. The highest BCUT2D eigenvalue weighted by Gasteiger charge is 2.17. The molecule has 4 rings (SSSR count). The Bertz CT molecular complexity index is 962. The summed E-state index contributed by atoms with van der Waals surface area (Å²) in [6, 6.07) is 8.26. The van der Waals surface area contributed by atoms with Crippen molar-refractivity contribution in [1.29, 1.82) is 5.26 Å². The number of aromatic amines is 1. The van der Waals surface area contributed by atoms with Crippen molar-refractivity contribution in [3.05, 3.63) is 41.7 Å². The zero-order chi connectivity index (χ0) is 17.9. The molecule has 0 amide bonds. The minimum Gasteiger partial charge on any atom is -0.360 e. The summed E-state index contributed by atoms with van der Waals surface area (Å²) < 4.78 is 0. The maximum atomic E-state index is 9.10. The fourth-order valence-electron chi connectivity index (χ4n) is 3.52. The van der Waals surface area contributed by atoms with E-state index in [1.807, 2.05) is 30.6 Å². The molecule has 1 aromatic carbocycles. The van der Waals surface area contributed by atoms with Crippen LogP contribution in [0.15, 0.2) is 30.6 Å². The van der Waals surface area contributed by atoms with E-state index in [0.717, 1.165) is 53.7 Å². The van der Waals surface area contributed by atoms with Crippen LogP contribution in [-0.4, -0.2) is 34.1 Å². The van der Waals surface area contributed by atoms with Crippen molar-refractivity contribution in [2.45, 2.75) is 32.2 Å². The second-order valence-electron chi connectivity index (χ2n) is 6.68. The lowest BCUT2D eigenvalue weighted by molar-refractivity contribution is 0.478. The Morgan fingerprint density at radius 3 is 3.08 bits per heavy atom. The van der Waals surface area contributed by atoms with Gasteiger partial charge in [0.05, 0.1) is 17.3 Å². The Morgan fingerprint density at radius 2 is 2.31 bits per heavy atom. The maximum absolute atomic E-state index is 9.10. The van der Waals surface area contributed by atoms with Crippen molar-refractivity contribution in [2.75, 3.05) is 18.4 Å². The van der Waals surface area contributed by atoms with E-state index in [2.05, 4.69) is 33.6 Å². The van der Waals surface area contributed by atoms with Gasteiger partial charge in [-0.1, -0.05) is 13.0 Å². The largest absolute Gasteiger partial charge is 0.360 e. The van der Waals surface area contributed by atoms with Crippen LogP contribution in [-0.2, 0) is 6.42 Å². The number of piperidine rings is 1. The van der Waals surface area contributed by atoms with Crippen LogP contribution in [0.4, 0.5) is 5.95 Å². The molecule has 1 atom stereocenters. The second-order valence-corrected chi connectivity index (χ2v) is 6.68. The van der Waals surface area contributed by atoms with Crippen molar-refractivity contribution >= 4 is 16.9 Å². The number of H-pyrrole nitrogens is 1. The summed E-state index contributed by atoms with van der Waals surface area (Å²) >= 11 is 0. The highest BCUT2D eigenvalue weighted by Crippen LogP contribution is 2.31. The molecule has 0 saturated carbocycles. The summed E-state index contributed by atoms with van der Waals surface area (Å²) in [6.07, 6.45) is 7.05. The maximum Gasteiger partial charge on any atom is 0.223 e. The number of hydrogen-bond acceptors (Lipinski definition) is 5.